The highest BCUT2D eigenvalue weighted by Crippen LogP contribution is 2.35. The van der Waals surface area contributed by atoms with Crippen LogP contribution < -0.4 is 4.90 Å². The average molecular weight is 304 g/mol. The van der Waals surface area contributed by atoms with Crippen molar-refractivity contribution in [3.8, 4) is 0 Å². The fourth-order valence-corrected chi connectivity index (χ4v) is 2.92. The van der Waals surface area contributed by atoms with Gasteiger partial charge < -0.3 is 9.64 Å². The van der Waals surface area contributed by atoms with E-state index in [9.17, 15) is 14.9 Å². The number of nitro groups is 1. The normalized spacial score (nSPS) is 19.0. The predicted molar refractivity (Wildman–Crippen MR) is 82.1 cm³/mol. The van der Waals surface area contributed by atoms with E-state index >= 15 is 0 Å². The van der Waals surface area contributed by atoms with Gasteiger partial charge in [-0.1, -0.05) is 0 Å². The number of rotatable bonds is 5. The molecular formula is C16H20N2O4. The second-order valence-corrected chi connectivity index (χ2v) is 6.10. The molecule has 2 fully saturated rings. The molecule has 1 aliphatic carbocycles. The summed E-state index contributed by atoms with van der Waals surface area (Å²) in [5, 5.41) is 11.3. The van der Waals surface area contributed by atoms with Crippen LogP contribution in [0.4, 0.5) is 11.4 Å². The summed E-state index contributed by atoms with van der Waals surface area (Å²) in [6.07, 6.45) is 4.13. The van der Waals surface area contributed by atoms with Crippen LogP contribution in [0.5, 0.6) is 0 Å². The number of hydrogen-bond acceptors (Lipinski definition) is 5. The standard InChI is InChI=1S/C16H20N2O4/c1-11(12-4-5-12)22-16(19)13-6-7-14(15(10-13)18(20)21)17-8-2-3-9-17/h6-7,10-12H,2-5,8-9H2,1H3. The van der Waals surface area contributed by atoms with Crippen molar-refractivity contribution < 1.29 is 14.5 Å². The van der Waals surface area contributed by atoms with Gasteiger partial charge in [0.25, 0.3) is 5.69 Å². The van der Waals surface area contributed by atoms with Crippen LogP contribution in [0.3, 0.4) is 0 Å². The molecule has 0 amide bonds. The summed E-state index contributed by atoms with van der Waals surface area (Å²) >= 11 is 0. The van der Waals surface area contributed by atoms with E-state index in [1.54, 1.807) is 12.1 Å². The molecule has 0 spiro atoms. The molecule has 0 radical (unpaired) electrons. The van der Waals surface area contributed by atoms with Crippen molar-refractivity contribution >= 4 is 17.3 Å². The van der Waals surface area contributed by atoms with Gasteiger partial charge in [0.2, 0.25) is 0 Å². The van der Waals surface area contributed by atoms with Crippen LogP contribution in [0.25, 0.3) is 0 Å². The first-order valence-corrected chi connectivity index (χ1v) is 7.80. The Morgan fingerprint density at radius 2 is 2.05 bits per heavy atom. The topological polar surface area (TPSA) is 72.7 Å². The number of anilines is 1. The maximum atomic E-state index is 12.1. The molecular weight excluding hydrogens is 284 g/mol. The number of benzene rings is 1. The van der Waals surface area contributed by atoms with E-state index in [1.807, 2.05) is 11.8 Å². The molecule has 1 atom stereocenters. The van der Waals surface area contributed by atoms with Crippen molar-refractivity contribution in [3.05, 3.63) is 33.9 Å². The molecule has 118 valence electrons. The van der Waals surface area contributed by atoms with E-state index in [2.05, 4.69) is 0 Å². The van der Waals surface area contributed by atoms with Gasteiger partial charge in [-0.3, -0.25) is 10.1 Å². The van der Waals surface area contributed by atoms with Crippen LogP contribution in [0.2, 0.25) is 0 Å². The van der Waals surface area contributed by atoms with Gasteiger partial charge in [-0.15, -0.1) is 0 Å². The Morgan fingerprint density at radius 3 is 2.64 bits per heavy atom. The van der Waals surface area contributed by atoms with E-state index in [-0.39, 0.29) is 17.4 Å². The molecule has 22 heavy (non-hydrogen) atoms. The van der Waals surface area contributed by atoms with Gasteiger partial charge in [-0.2, -0.15) is 0 Å². The largest absolute Gasteiger partial charge is 0.459 e. The van der Waals surface area contributed by atoms with Gasteiger partial charge in [-0.25, -0.2) is 4.79 Å². The van der Waals surface area contributed by atoms with Crippen LogP contribution in [0.15, 0.2) is 18.2 Å². The summed E-state index contributed by atoms with van der Waals surface area (Å²) in [7, 11) is 0. The lowest BCUT2D eigenvalue weighted by Crippen LogP contribution is -2.20. The Morgan fingerprint density at radius 1 is 1.36 bits per heavy atom. The van der Waals surface area contributed by atoms with Crippen LogP contribution in [0, 0.1) is 16.0 Å². The monoisotopic (exact) mass is 304 g/mol. The van der Waals surface area contributed by atoms with Crippen LogP contribution in [-0.2, 0) is 4.74 Å². The molecule has 1 aromatic carbocycles. The Kier molecular flexibility index (Phi) is 4.00. The van der Waals surface area contributed by atoms with Gasteiger partial charge in [-0.05, 0) is 50.7 Å². The first kappa shape index (κ1) is 14.8. The highest BCUT2D eigenvalue weighted by Gasteiger charge is 2.31. The summed E-state index contributed by atoms with van der Waals surface area (Å²) in [5.74, 6) is -0.0294. The molecule has 6 heteroatoms. The third-order valence-electron chi connectivity index (χ3n) is 4.43. The molecule has 6 nitrogen and oxygen atoms in total. The minimum atomic E-state index is -0.476. The van der Waals surface area contributed by atoms with Crippen molar-refractivity contribution in [1.82, 2.24) is 0 Å². The number of carbonyl (C=O) groups is 1. The lowest BCUT2D eigenvalue weighted by Gasteiger charge is -2.18. The summed E-state index contributed by atoms with van der Waals surface area (Å²) in [4.78, 5) is 25.0. The van der Waals surface area contributed by atoms with E-state index in [4.69, 9.17) is 4.74 Å². The average Bonchev–Trinajstić information content (AvgIpc) is 3.22. The van der Waals surface area contributed by atoms with Gasteiger partial charge in [0.05, 0.1) is 10.5 Å². The molecule has 3 rings (SSSR count). The molecule has 2 aliphatic rings. The van der Waals surface area contributed by atoms with Gasteiger partial charge >= 0.3 is 5.97 Å². The number of carbonyl (C=O) groups excluding carboxylic acids is 1. The van der Waals surface area contributed by atoms with Gasteiger partial charge in [0.15, 0.2) is 0 Å². The van der Waals surface area contributed by atoms with Crippen LogP contribution >= 0.6 is 0 Å². The number of ether oxygens (including phenoxy) is 1. The summed E-state index contributed by atoms with van der Waals surface area (Å²) in [6.45, 7) is 3.52. The molecule has 1 saturated heterocycles. The number of nitrogens with zero attached hydrogens (tertiary/aromatic N) is 2. The lowest BCUT2D eigenvalue weighted by molar-refractivity contribution is -0.384. The fourth-order valence-electron chi connectivity index (χ4n) is 2.92. The van der Waals surface area contributed by atoms with Crippen molar-refractivity contribution in [2.45, 2.75) is 38.7 Å². The van der Waals surface area contributed by atoms with Crippen LogP contribution in [0.1, 0.15) is 43.0 Å². The minimum Gasteiger partial charge on any atom is -0.459 e. The summed E-state index contributed by atoms with van der Waals surface area (Å²) in [5.41, 5.74) is 0.826. The quantitative estimate of drug-likeness (QED) is 0.474. The highest BCUT2D eigenvalue weighted by molar-refractivity contribution is 5.91. The Labute approximate surface area is 129 Å². The zero-order chi connectivity index (χ0) is 15.7. The first-order valence-electron chi connectivity index (χ1n) is 7.80. The highest BCUT2D eigenvalue weighted by atomic mass is 16.6. The van der Waals surface area contributed by atoms with E-state index in [0.717, 1.165) is 38.8 Å². The second-order valence-electron chi connectivity index (χ2n) is 6.10. The molecule has 1 saturated carbocycles. The smallest absolute Gasteiger partial charge is 0.338 e. The zero-order valence-electron chi connectivity index (χ0n) is 12.7. The molecule has 0 aromatic heterocycles. The maximum Gasteiger partial charge on any atom is 0.338 e. The first-order chi connectivity index (χ1) is 10.6. The minimum absolute atomic E-state index is 0.0181. The summed E-state index contributed by atoms with van der Waals surface area (Å²) < 4.78 is 5.39. The Bertz CT molecular complexity index is 592. The number of esters is 1. The second kappa shape index (κ2) is 5.94. The zero-order valence-corrected chi connectivity index (χ0v) is 12.7. The van der Waals surface area contributed by atoms with Crippen molar-refractivity contribution in [2.24, 2.45) is 5.92 Å². The number of hydrogen-bond donors (Lipinski definition) is 0. The molecule has 0 bridgehead atoms. The van der Waals surface area contributed by atoms with Crippen molar-refractivity contribution in [2.75, 3.05) is 18.0 Å². The maximum absolute atomic E-state index is 12.1. The van der Waals surface area contributed by atoms with E-state index in [0.29, 0.717) is 11.6 Å². The molecule has 1 aliphatic heterocycles. The third-order valence-corrected chi connectivity index (χ3v) is 4.43. The van der Waals surface area contributed by atoms with Crippen molar-refractivity contribution in [3.63, 3.8) is 0 Å². The molecule has 1 aromatic rings. The number of nitro benzene ring substituents is 1. The Hall–Kier alpha value is -2.11. The molecule has 0 N–H and O–H groups in total. The predicted octanol–water partition coefficient (Wildman–Crippen LogP) is 3.15. The van der Waals surface area contributed by atoms with E-state index < -0.39 is 10.9 Å². The fraction of sp³-hybridized carbons (Fsp3) is 0.562. The van der Waals surface area contributed by atoms with E-state index in [1.165, 1.54) is 6.07 Å². The summed E-state index contributed by atoms with van der Waals surface area (Å²) in [6, 6.07) is 4.64. The third kappa shape index (κ3) is 3.05. The van der Waals surface area contributed by atoms with Crippen LogP contribution in [-0.4, -0.2) is 30.1 Å². The molecule has 1 unspecified atom stereocenters. The van der Waals surface area contributed by atoms with Crippen molar-refractivity contribution in [1.29, 1.82) is 0 Å². The Balaban J connectivity index is 1.81. The van der Waals surface area contributed by atoms with Gasteiger partial charge in [0.1, 0.15) is 11.8 Å². The lowest BCUT2D eigenvalue weighted by atomic mass is 10.1. The van der Waals surface area contributed by atoms with Gasteiger partial charge in [0, 0.05) is 19.2 Å². The SMILES string of the molecule is CC(OC(=O)c1ccc(N2CCCC2)c([N+](=O)[O-])c1)C1CC1. The molecule has 1 heterocycles.